The van der Waals surface area contributed by atoms with Gasteiger partial charge in [0.15, 0.2) is 28.4 Å². The lowest BCUT2D eigenvalue weighted by Crippen LogP contribution is -2.16. The lowest BCUT2D eigenvalue weighted by molar-refractivity contribution is 0.102. The van der Waals surface area contributed by atoms with Crippen LogP contribution < -0.4 is 11.1 Å². The van der Waals surface area contributed by atoms with Gasteiger partial charge in [0.05, 0.1) is 0 Å². The number of hydrogen-bond acceptors (Lipinski definition) is 4. The maximum atomic E-state index is 13.3. The van der Waals surface area contributed by atoms with Gasteiger partial charge in [-0.05, 0) is 0 Å². The summed E-state index contributed by atoms with van der Waals surface area (Å²) in [5.41, 5.74) is 3.85. The Kier molecular flexibility index (Phi) is 3.38. The van der Waals surface area contributed by atoms with Gasteiger partial charge in [0.2, 0.25) is 0 Å². The Hall–Kier alpha value is -2.16. The fraction of sp³-hybridized carbons (Fsp3) is 0. The number of hydrogen-bond donors (Lipinski definition) is 2. The van der Waals surface area contributed by atoms with Crippen LogP contribution in [0, 0.1) is 23.3 Å². The van der Waals surface area contributed by atoms with E-state index in [4.69, 9.17) is 5.73 Å². The predicted octanol–water partition coefficient (Wildman–Crippen LogP) is 2.53. The van der Waals surface area contributed by atoms with Gasteiger partial charge in [-0.25, -0.2) is 22.5 Å². The quantitative estimate of drug-likeness (QED) is 0.660. The van der Waals surface area contributed by atoms with Crippen LogP contribution in [0.3, 0.4) is 0 Å². The molecule has 0 aliphatic heterocycles. The fourth-order valence-corrected chi connectivity index (χ4v) is 1.80. The van der Waals surface area contributed by atoms with Gasteiger partial charge in [-0.1, -0.05) is 0 Å². The van der Waals surface area contributed by atoms with Crippen LogP contribution in [0.4, 0.5) is 28.4 Å². The zero-order valence-electron chi connectivity index (χ0n) is 9.01. The number of carbonyl (C=O) groups excluding carboxylic acids is 1. The SMILES string of the molecule is Nc1nc(C(=O)Nc2c(F)c(F)cc(F)c2F)cs1. The van der Waals surface area contributed by atoms with E-state index in [-0.39, 0.29) is 16.9 Å². The molecule has 0 saturated heterocycles. The Morgan fingerprint density at radius 2 is 1.79 bits per heavy atom. The molecule has 2 rings (SSSR count). The summed E-state index contributed by atoms with van der Waals surface area (Å²) < 4.78 is 52.4. The normalized spacial score (nSPS) is 10.5. The second-order valence-corrected chi connectivity index (χ2v) is 4.26. The van der Waals surface area contributed by atoms with Gasteiger partial charge in [0.1, 0.15) is 11.4 Å². The number of rotatable bonds is 2. The molecule has 1 heterocycles. The van der Waals surface area contributed by atoms with Crippen LogP contribution in [-0.2, 0) is 0 Å². The molecule has 1 aromatic heterocycles. The zero-order chi connectivity index (χ0) is 14.2. The summed E-state index contributed by atoms with van der Waals surface area (Å²) in [5.74, 6) is -7.67. The average Bonchev–Trinajstić information content (AvgIpc) is 2.79. The number of nitrogen functional groups attached to an aromatic ring is 1. The zero-order valence-corrected chi connectivity index (χ0v) is 9.82. The second kappa shape index (κ2) is 4.84. The Morgan fingerprint density at radius 1 is 1.21 bits per heavy atom. The summed E-state index contributed by atoms with van der Waals surface area (Å²) in [6.45, 7) is 0. The highest BCUT2D eigenvalue weighted by Crippen LogP contribution is 2.25. The van der Waals surface area contributed by atoms with Crippen molar-refractivity contribution in [3.8, 4) is 0 Å². The molecule has 1 aromatic carbocycles. The fourth-order valence-electron chi connectivity index (χ4n) is 1.25. The van der Waals surface area contributed by atoms with Crippen LogP contribution in [0.25, 0.3) is 0 Å². The predicted molar refractivity (Wildman–Crippen MR) is 60.8 cm³/mol. The molecule has 0 fully saturated rings. The second-order valence-electron chi connectivity index (χ2n) is 3.37. The summed E-state index contributed by atoms with van der Waals surface area (Å²) in [4.78, 5) is 15.1. The van der Waals surface area contributed by atoms with Crippen molar-refractivity contribution < 1.29 is 22.4 Å². The first kappa shape index (κ1) is 13.3. The minimum absolute atomic E-state index is 0.0428. The highest BCUT2D eigenvalue weighted by molar-refractivity contribution is 7.13. The van der Waals surface area contributed by atoms with Crippen LogP contribution >= 0.6 is 11.3 Å². The van der Waals surface area contributed by atoms with Crippen molar-refractivity contribution in [2.24, 2.45) is 0 Å². The summed E-state index contributed by atoms with van der Waals surface area (Å²) in [6.07, 6.45) is 0. The van der Waals surface area contributed by atoms with E-state index in [0.717, 1.165) is 11.3 Å². The van der Waals surface area contributed by atoms with Gasteiger partial charge in [0.25, 0.3) is 5.91 Å². The van der Waals surface area contributed by atoms with Gasteiger partial charge >= 0.3 is 0 Å². The van der Waals surface area contributed by atoms with Gasteiger partial charge in [0, 0.05) is 11.4 Å². The van der Waals surface area contributed by atoms with Gasteiger partial charge in [-0.2, -0.15) is 0 Å². The van der Waals surface area contributed by atoms with Gasteiger partial charge < -0.3 is 11.1 Å². The monoisotopic (exact) mass is 291 g/mol. The Bertz CT molecular complexity index is 632. The molecular formula is C10H5F4N3OS. The van der Waals surface area contributed by atoms with Gasteiger partial charge in [-0.15, -0.1) is 11.3 Å². The van der Waals surface area contributed by atoms with Crippen LogP contribution in [0.5, 0.6) is 0 Å². The van der Waals surface area contributed by atoms with E-state index < -0.39 is 34.9 Å². The van der Waals surface area contributed by atoms with Crippen molar-refractivity contribution in [1.82, 2.24) is 4.98 Å². The van der Waals surface area contributed by atoms with Crippen LogP contribution in [-0.4, -0.2) is 10.9 Å². The maximum Gasteiger partial charge on any atom is 0.275 e. The number of nitrogens with two attached hydrogens (primary N) is 1. The Labute approximate surface area is 107 Å². The summed E-state index contributed by atoms with van der Waals surface area (Å²) in [6, 6.07) is 0.0428. The first-order valence-corrected chi connectivity index (χ1v) is 5.63. The molecule has 2 aromatic rings. The molecule has 0 bridgehead atoms. The summed E-state index contributed by atoms with van der Waals surface area (Å²) >= 11 is 0.928. The molecule has 0 aliphatic carbocycles. The average molecular weight is 291 g/mol. The molecule has 100 valence electrons. The molecule has 0 spiro atoms. The summed E-state index contributed by atoms with van der Waals surface area (Å²) in [5, 5.41) is 3.01. The molecule has 0 aliphatic rings. The minimum atomic E-state index is -1.70. The number of nitrogens with zero attached hydrogens (tertiary/aromatic N) is 1. The molecule has 9 heteroatoms. The molecule has 0 radical (unpaired) electrons. The van der Waals surface area contributed by atoms with E-state index in [0.29, 0.717) is 0 Å². The third-order valence-corrected chi connectivity index (χ3v) is 2.78. The number of amides is 1. The summed E-state index contributed by atoms with van der Waals surface area (Å²) in [7, 11) is 0. The molecule has 0 unspecified atom stereocenters. The highest BCUT2D eigenvalue weighted by atomic mass is 32.1. The lowest BCUT2D eigenvalue weighted by Gasteiger charge is -2.07. The Balaban J connectivity index is 2.36. The highest BCUT2D eigenvalue weighted by Gasteiger charge is 2.22. The molecular weight excluding hydrogens is 286 g/mol. The van der Waals surface area contributed by atoms with Crippen LogP contribution in [0.1, 0.15) is 10.5 Å². The number of benzene rings is 1. The molecule has 4 nitrogen and oxygen atoms in total. The number of thiazole rings is 1. The van der Waals surface area contributed by atoms with E-state index in [1.54, 1.807) is 5.32 Å². The smallest absolute Gasteiger partial charge is 0.275 e. The molecule has 19 heavy (non-hydrogen) atoms. The van der Waals surface area contributed by atoms with E-state index in [1.165, 1.54) is 5.38 Å². The van der Waals surface area contributed by atoms with Crippen LogP contribution in [0.2, 0.25) is 0 Å². The van der Waals surface area contributed by atoms with Crippen molar-refractivity contribution >= 4 is 28.1 Å². The van der Waals surface area contributed by atoms with E-state index in [1.807, 2.05) is 0 Å². The number of halogens is 4. The first-order valence-electron chi connectivity index (χ1n) is 4.75. The maximum absolute atomic E-state index is 13.3. The first-order chi connectivity index (χ1) is 8.90. The molecule has 1 amide bonds. The molecule has 0 saturated carbocycles. The van der Waals surface area contributed by atoms with E-state index >= 15 is 0 Å². The lowest BCUT2D eigenvalue weighted by atomic mass is 10.2. The largest absolute Gasteiger partial charge is 0.375 e. The number of carbonyl (C=O) groups is 1. The third kappa shape index (κ3) is 2.50. The molecule has 0 atom stereocenters. The number of nitrogens with one attached hydrogen (secondary N) is 1. The molecule has 3 N–H and O–H groups in total. The van der Waals surface area contributed by atoms with Crippen molar-refractivity contribution in [3.63, 3.8) is 0 Å². The van der Waals surface area contributed by atoms with Crippen molar-refractivity contribution in [3.05, 3.63) is 40.4 Å². The van der Waals surface area contributed by atoms with Crippen molar-refractivity contribution in [2.45, 2.75) is 0 Å². The third-order valence-electron chi connectivity index (χ3n) is 2.10. The standard InChI is InChI=1S/C10H5F4N3OS/c11-3-1-4(12)7(14)8(6(3)13)17-9(18)5-2-19-10(15)16-5/h1-2H,(H2,15,16)(H,17,18). The van der Waals surface area contributed by atoms with Gasteiger partial charge in [-0.3, -0.25) is 4.79 Å². The topological polar surface area (TPSA) is 68.0 Å². The number of anilines is 2. The van der Waals surface area contributed by atoms with Crippen LogP contribution in [0.15, 0.2) is 11.4 Å². The van der Waals surface area contributed by atoms with Crippen molar-refractivity contribution in [1.29, 1.82) is 0 Å². The van der Waals surface area contributed by atoms with E-state index in [9.17, 15) is 22.4 Å². The van der Waals surface area contributed by atoms with E-state index in [2.05, 4.69) is 4.98 Å². The number of aromatic nitrogens is 1. The minimum Gasteiger partial charge on any atom is -0.375 e. The van der Waals surface area contributed by atoms with Crippen molar-refractivity contribution in [2.75, 3.05) is 11.1 Å². The Morgan fingerprint density at radius 3 is 2.26 bits per heavy atom.